The Morgan fingerprint density at radius 3 is 1.29 bits per heavy atom. The number of hydrogen-bond donors (Lipinski definition) is 0. The number of rotatable bonds is 2. The SMILES string of the molecule is CC1=C(C)N(C(C)C)CN1C(C)C.[Fe]. The molecule has 0 saturated carbocycles. The van der Waals surface area contributed by atoms with Gasteiger partial charge < -0.3 is 9.80 Å². The smallest absolute Gasteiger partial charge is 0.0903 e. The van der Waals surface area contributed by atoms with Crippen molar-refractivity contribution in [3.05, 3.63) is 11.4 Å². The predicted octanol–water partition coefficient (Wildman–Crippen LogP) is 2.63. The molecular weight excluding hydrogens is 216 g/mol. The van der Waals surface area contributed by atoms with Crippen molar-refractivity contribution in [2.75, 3.05) is 6.67 Å². The van der Waals surface area contributed by atoms with E-state index in [-0.39, 0.29) is 17.1 Å². The largest absolute Gasteiger partial charge is 0.354 e. The van der Waals surface area contributed by atoms with E-state index in [0.29, 0.717) is 12.1 Å². The van der Waals surface area contributed by atoms with Gasteiger partial charge in [0.25, 0.3) is 0 Å². The van der Waals surface area contributed by atoms with Crippen LogP contribution in [0.2, 0.25) is 0 Å². The molecule has 0 radical (unpaired) electrons. The zero-order chi connectivity index (χ0) is 10.2. The first-order valence-electron chi connectivity index (χ1n) is 5.16. The minimum atomic E-state index is 0. The molecule has 1 rings (SSSR count). The van der Waals surface area contributed by atoms with E-state index in [1.807, 2.05) is 0 Å². The molecule has 0 fully saturated rings. The number of nitrogens with zero attached hydrogens (tertiary/aromatic N) is 2. The van der Waals surface area contributed by atoms with Crippen molar-refractivity contribution in [1.82, 2.24) is 9.80 Å². The number of allylic oxidation sites excluding steroid dienone is 2. The summed E-state index contributed by atoms with van der Waals surface area (Å²) in [4.78, 5) is 4.91. The molecule has 0 aromatic carbocycles. The topological polar surface area (TPSA) is 6.48 Å². The van der Waals surface area contributed by atoms with E-state index in [1.54, 1.807) is 0 Å². The molecule has 2 nitrogen and oxygen atoms in total. The summed E-state index contributed by atoms with van der Waals surface area (Å²) in [5.74, 6) is 0. The van der Waals surface area contributed by atoms with E-state index in [4.69, 9.17) is 0 Å². The van der Waals surface area contributed by atoms with Gasteiger partial charge in [0.2, 0.25) is 0 Å². The van der Waals surface area contributed by atoms with Crippen molar-refractivity contribution in [1.29, 1.82) is 0 Å². The van der Waals surface area contributed by atoms with Gasteiger partial charge in [-0.3, -0.25) is 0 Å². The van der Waals surface area contributed by atoms with Gasteiger partial charge in [0, 0.05) is 40.5 Å². The Kier molecular flexibility index (Phi) is 5.03. The Labute approximate surface area is 98.8 Å². The molecule has 0 aromatic rings. The third-order valence-electron chi connectivity index (χ3n) is 2.94. The van der Waals surface area contributed by atoms with Gasteiger partial charge in [-0.15, -0.1) is 0 Å². The summed E-state index contributed by atoms with van der Waals surface area (Å²) in [5.41, 5.74) is 2.87. The van der Waals surface area contributed by atoms with Gasteiger partial charge in [0.05, 0.1) is 6.67 Å². The van der Waals surface area contributed by atoms with E-state index in [9.17, 15) is 0 Å². The maximum absolute atomic E-state index is 2.45. The van der Waals surface area contributed by atoms with Crippen molar-refractivity contribution in [2.45, 2.75) is 53.6 Å². The first-order valence-corrected chi connectivity index (χ1v) is 5.16. The fraction of sp³-hybridized carbons (Fsp3) is 0.818. The van der Waals surface area contributed by atoms with Crippen LogP contribution in [0, 0.1) is 0 Å². The summed E-state index contributed by atoms with van der Waals surface area (Å²) in [6.45, 7) is 14.5. The molecule has 0 spiro atoms. The first kappa shape index (κ1) is 13.9. The van der Waals surface area contributed by atoms with E-state index in [1.165, 1.54) is 11.4 Å². The van der Waals surface area contributed by atoms with Crippen LogP contribution in [0.4, 0.5) is 0 Å². The van der Waals surface area contributed by atoms with Crippen molar-refractivity contribution >= 4 is 0 Å². The van der Waals surface area contributed by atoms with Gasteiger partial charge in [-0.1, -0.05) is 0 Å². The molecule has 84 valence electrons. The molecule has 3 heteroatoms. The average molecular weight is 238 g/mol. The van der Waals surface area contributed by atoms with Gasteiger partial charge in [-0.2, -0.15) is 0 Å². The minimum Gasteiger partial charge on any atom is -0.354 e. The third kappa shape index (κ3) is 2.46. The second-order valence-electron chi connectivity index (χ2n) is 4.44. The zero-order valence-electron chi connectivity index (χ0n) is 10.1. The Morgan fingerprint density at radius 2 is 1.14 bits per heavy atom. The maximum Gasteiger partial charge on any atom is 0.0903 e. The van der Waals surface area contributed by atoms with E-state index in [0.717, 1.165) is 6.67 Å². The van der Waals surface area contributed by atoms with Crippen molar-refractivity contribution in [2.24, 2.45) is 0 Å². The van der Waals surface area contributed by atoms with Crippen LogP contribution in [-0.2, 0) is 17.1 Å². The molecule has 0 bridgehead atoms. The molecular formula is C11H22FeN2. The monoisotopic (exact) mass is 238 g/mol. The van der Waals surface area contributed by atoms with E-state index < -0.39 is 0 Å². The summed E-state index contributed by atoms with van der Waals surface area (Å²) >= 11 is 0. The maximum atomic E-state index is 2.45. The van der Waals surface area contributed by atoms with Crippen LogP contribution >= 0.6 is 0 Å². The molecule has 0 saturated heterocycles. The summed E-state index contributed by atoms with van der Waals surface area (Å²) in [6.07, 6.45) is 0. The van der Waals surface area contributed by atoms with E-state index in [2.05, 4.69) is 51.3 Å². The van der Waals surface area contributed by atoms with Gasteiger partial charge in [0.1, 0.15) is 0 Å². The standard InChI is InChI=1S/C11H22N2.Fe/c1-8(2)12-7-13(9(3)4)11(6)10(12)5;/h8-9H,7H2,1-6H3;. The van der Waals surface area contributed by atoms with Gasteiger partial charge in [-0.05, 0) is 41.5 Å². The molecule has 0 N–H and O–H groups in total. The first-order chi connectivity index (χ1) is 5.95. The third-order valence-corrected chi connectivity index (χ3v) is 2.94. The number of hydrogen-bond acceptors (Lipinski definition) is 2. The van der Waals surface area contributed by atoms with Crippen molar-refractivity contribution in [3.63, 3.8) is 0 Å². The second-order valence-corrected chi connectivity index (χ2v) is 4.44. The normalized spacial score (nSPS) is 17.1. The molecule has 0 aliphatic carbocycles. The summed E-state index contributed by atoms with van der Waals surface area (Å²) in [6, 6.07) is 1.22. The Morgan fingerprint density at radius 1 is 0.857 bits per heavy atom. The van der Waals surface area contributed by atoms with Crippen molar-refractivity contribution < 1.29 is 17.1 Å². The fourth-order valence-corrected chi connectivity index (χ4v) is 1.89. The molecule has 1 aliphatic rings. The average Bonchev–Trinajstić information content (AvgIpc) is 2.29. The summed E-state index contributed by atoms with van der Waals surface area (Å²) in [7, 11) is 0. The Hall–Kier alpha value is -0.141. The van der Waals surface area contributed by atoms with E-state index >= 15 is 0 Å². The minimum absolute atomic E-state index is 0. The summed E-state index contributed by atoms with van der Waals surface area (Å²) in [5, 5.41) is 0. The molecule has 0 aromatic heterocycles. The predicted molar refractivity (Wildman–Crippen MR) is 57.2 cm³/mol. The van der Waals surface area contributed by atoms with Gasteiger partial charge in [0.15, 0.2) is 0 Å². The van der Waals surface area contributed by atoms with Crippen LogP contribution in [0.1, 0.15) is 41.5 Å². The summed E-state index contributed by atoms with van der Waals surface area (Å²) < 4.78 is 0. The second kappa shape index (κ2) is 5.09. The van der Waals surface area contributed by atoms with Crippen LogP contribution in [0.25, 0.3) is 0 Å². The Balaban J connectivity index is 0.00000169. The van der Waals surface area contributed by atoms with Crippen LogP contribution in [0.3, 0.4) is 0 Å². The molecule has 0 unspecified atom stereocenters. The molecule has 0 atom stereocenters. The molecule has 14 heavy (non-hydrogen) atoms. The van der Waals surface area contributed by atoms with Crippen LogP contribution < -0.4 is 0 Å². The van der Waals surface area contributed by atoms with Crippen LogP contribution in [0.5, 0.6) is 0 Å². The van der Waals surface area contributed by atoms with Crippen molar-refractivity contribution in [3.8, 4) is 0 Å². The van der Waals surface area contributed by atoms with Crippen LogP contribution in [0.15, 0.2) is 11.4 Å². The molecule has 0 amide bonds. The molecule has 1 aliphatic heterocycles. The Bertz CT molecular complexity index is 199. The van der Waals surface area contributed by atoms with Gasteiger partial charge >= 0.3 is 0 Å². The van der Waals surface area contributed by atoms with Crippen LogP contribution in [-0.4, -0.2) is 28.6 Å². The zero-order valence-corrected chi connectivity index (χ0v) is 11.2. The quantitative estimate of drug-likeness (QED) is 0.682. The molecule has 1 heterocycles. The fourth-order valence-electron chi connectivity index (χ4n) is 1.89. The van der Waals surface area contributed by atoms with Gasteiger partial charge in [-0.25, -0.2) is 0 Å².